The van der Waals surface area contributed by atoms with Crippen molar-refractivity contribution in [2.24, 2.45) is 11.8 Å². The van der Waals surface area contributed by atoms with E-state index in [0.29, 0.717) is 11.3 Å². The average molecular weight is 324 g/mol. The van der Waals surface area contributed by atoms with Gasteiger partial charge in [-0.25, -0.2) is 4.79 Å². The summed E-state index contributed by atoms with van der Waals surface area (Å²) in [5.74, 6) is 0.414. The Morgan fingerprint density at radius 3 is 2.67 bits per heavy atom. The van der Waals surface area contributed by atoms with Crippen molar-refractivity contribution in [1.29, 1.82) is 0 Å². The molecule has 0 amide bonds. The van der Waals surface area contributed by atoms with E-state index in [1.165, 1.54) is 0 Å². The summed E-state index contributed by atoms with van der Waals surface area (Å²) in [5.41, 5.74) is 1.44. The molecule has 0 aliphatic heterocycles. The number of esters is 1. The van der Waals surface area contributed by atoms with Gasteiger partial charge < -0.3 is 4.74 Å². The van der Waals surface area contributed by atoms with Crippen LogP contribution >= 0.6 is 0 Å². The van der Waals surface area contributed by atoms with Crippen LogP contribution in [0.3, 0.4) is 0 Å². The first kappa shape index (κ1) is 15.6. The minimum Gasteiger partial charge on any atom is -0.455 e. The van der Waals surface area contributed by atoms with E-state index in [9.17, 15) is 9.59 Å². The summed E-state index contributed by atoms with van der Waals surface area (Å²) in [6, 6.07) is 7.72. The summed E-state index contributed by atoms with van der Waals surface area (Å²) < 4.78 is 5.92. The number of carbonyl (C=O) groups excluding carboxylic acids is 2. The lowest BCUT2D eigenvalue weighted by molar-refractivity contribution is -0.120. The van der Waals surface area contributed by atoms with Gasteiger partial charge in [0.1, 0.15) is 11.4 Å². The van der Waals surface area contributed by atoms with E-state index in [-0.39, 0.29) is 29.3 Å². The van der Waals surface area contributed by atoms with Gasteiger partial charge in [-0.1, -0.05) is 31.2 Å². The third-order valence-corrected chi connectivity index (χ3v) is 6.20. The van der Waals surface area contributed by atoms with Crippen LogP contribution < -0.4 is 0 Å². The van der Waals surface area contributed by atoms with E-state index in [1.54, 1.807) is 0 Å². The van der Waals surface area contributed by atoms with Gasteiger partial charge in [-0.3, -0.25) is 4.79 Å². The zero-order chi connectivity index (χ0) is 16.7. The number of benzene rings is 1. The lowest BCUT2D eigenvalue weighted by Gasteiger charge is -2.28. The molecule has 126 valence electrons. The number of rotatable bonds is 4. The second-order valence-electron chi connectivity index (χ2n) is 7.52. The number of carbonyl (C=O) groups is 2. The number of allylic oxidation sites excluding steroid dienone is 2. The maximum Gasteiger partial charge on any atom is 0.338 e. The molecule has 24 heavy (non-hydrogen) atoms. The molecular formula is C21H24O3. The monoisotopic (exact) mass is 324 g/mol. The van der Waals surface area contributed by atoms with Crippen molar-refractivity contribution in [3.05, 3.63) is 47.5 Å². The quantitative estimate of drug-likeness (QED) is 0.608. The van der Waals surface area contributed by atoms with Crippen molar-refractivity contribution in [2.45, 2.75) is 57.0 Å². The zero-order valence-corrected chi connectivity index (χ0v) is 14.2. The van der Waals surface area contributed by atoms with Crippen LogP contribution in [0, 0.1) is 11.8 Å². The number of fused-ring (bicyclic) bond motifs is 2. The van der Waals surface area contributed by atoms with Gasteiger partial charge in [-0.05, 0) is 62.1 Å². The standard InChI is InChI=1S/C21H24O3/c1-2-21(10-3-4-11-21)24-20(23)16-7-5-6-14(12-16)18-13-15-8-9-17(18)19(15)22/h5-9,12,15,17-18H,2-4,10-11,13H2,1H3. The Morgan fingerprint density at radius 2 is 2.04 bits per heavy atom. The molecule has 3 atom stereocenters. The first-order valence-corrected chi connectivity index (χ1v) is 9.17. The molecule has 1 aromatic carbocycles. The highest BCUT2D eigenvalue weighted by Gasteiger charge is 2.44. The minimum absolute atomic E-state index is 0.00177. The highest BCUT2D eigenvalue weighted by Crippen LogP contribution is 2.46. The SMILES string of the molecule is CCC1(OC(=O)c2cccc(C3CC4C=CC3C4=O)c2)CCCC1. The lowest BCUT2D eigenvalue weighted by atomic mass is 9.86. The van der Waals surface area contributed by atoms with Crippen molar-refractivity contribution >= 4 is 11.8 Å². The topological polar surface area (TPSA) is 43.4 Å². The second kappa shape index (κ2) is 5.87. The van der Waals surface area contributed by atoms with Crippen LogP contribution in [-0.2, 0) is 9.53 Å². The molecule has 3 unspecified atom stereocenters. The summed E-state index contributed by atoms with van der Waals surface area (Å²) in [4.78, 5) is 24.8. The van der Waals surface area contributed by atoms with Crippen LogP contribution in [0.5, 0.6) is 0 Å². The molecule has 0 radical (unpaired) electrons. The van der Waals surface area contributed by atoms with E-state index in [0.717, 1.165) is 44.1 Å². The summed E-state index contributed by atoms with van der Waals surface area (Å²) in [5, 5.41) is 0. The first-order chi connectivity index (χ1) is 11.6. The summed E-state index contributed by atoms with van der Waals surface area (Å²) in [6.45, 7) is 2.10. The molecule has 0 heterocycles. The summed E-state index contributed by atoms with van der Waals surface area (Å²) >= 11 is 0. The molecule has 2 saturated carbocycles. The van der Waals surface area contributed by atoms with E-state index in [2.05, 4.69) is 6.92 Å². The molecule has 4 rings (SSSR count). The summed E-state index contributed by atoms with van der Waals surface area (Å²) in [7, 11) is 0. The number of hydrogen-bond donors (Lipinski definition) is 0. The van der Waals surface area contributed by atoms with Crippen molar-refractivity contribution in [2.75, 3.05) is 0 Å². The van der Waals surface area contributed by atoms with Gasteiger partial charge >= 0.3 is 5.97 Å². The number of Topliss-reactive ketones (excluding diaryl/α,β-unsaturated/α-hetero) is 1. The minimum atomic E-state index is -0.266. The molecule has 1 aromatic rings. The Morgan fingerprint density at radius 1 is 1.25 bits per heavy atom. The van der Waals surface area contributed by atoms with Crippen molar-refractivity contribution in [3.63, 3.8) is 0 Å². The molecule has 0 N–H and O–H groups in total. The van der Waals surface area contributed by atoms with Gasteiger partial charge in [-0.2, -0.15) is 0 Å². The fourth-order valence-electron chi connectivity index (χ4n) is 4.68. The molecule has 3 heteroatoms. The van der Waals surface area contributed by atoms with Crippen LogP contribution in [-0.4, -0.2) is 17.4 Å². The molecule has 3 aliphatic carbocycles. The van der Waals surface area contributed by atoms with Crippen LogP contribution in [0.25, 0.3) is 0 Å². The molecule has 0 saturated heterocycles. The van der Waals surface area contributed by atoms with E-state index in [4.69, 9.17) is 4.74 Å². The largest absolute Gasteiger partial charge is 0.455 e. The smallest absolute Gasteiger partial charge is 0.338 e. The van der Waals surface area contributed by atoms with E-state index in [1.807, 2.05) is 36.4 Å². The van der Waals surface area contributed by atoms with Gasteiger partial charge in [0.25, 0.3) is 0 Å². The van der Waals surface area contributed by atoms with Gasteiger partial charge in [0.05, 0.1) is 5.56 Å². The van der Waals surface area contributed by atoms with Crippen LogP contribution in [0.4, 0.5) is 0 Å². The predicted octanol–water partition coefficient (Wildman–Crippen LogP) is 4.42. The fraction of sp³-hybridized carbons (Fsp3) is 0.524. The van der Waals surface area contributed by atoms with E-state index >= 15 is 0 Å². The van der Waals surface area contributed by atoms with Gasteiger partial charge in [-0.15, -0.1) is 0 Å². The zero-order valence-electron chi connectivity index (χ0n) is 14.2. The Bertz CT molecular complexity index is 697. The molecule has 0 spiro atoms. The highest BCUT2D eigenvalue weighted by atomic mass is 16.6. The first-order valence-electron chi connectivity index (χ1n) is 9.17. The third kappa shape index (κ3) is 2.51. The van der Waals surface area contributed by atoms with Gasteiger partial charge in [0.2, 0.25) is 0 Å². The molecular weight excluding hydrogens is 300 g/mol. The highest BCUT2D eigenvalue weighted by molar-refractivity contribution is 5.93. The maximum absolute atomic E-state index is 12.7. The Balaban J connectivity index is 1.54. The van der Waals surface area contributed by atoms with Crippen LogP contribution in [0.15, 0.2) is 36.4 Å². The van der Waals surface area contributed by atoms with Crippen LogP contribution in [0.1, 0.15) is 67.3 Å². The van der Waals surface area contributed by atoms with Gasteiger partial charge in [0.15, 0.2) is 0 Å². The number of ketones is 1. The molecule has 2 bridgehead atoms. The maximum atomic E-state index is 12.7. The fourth-order valence-corrected chi connectivity index (χ4v) is 4.68. The Hall–Kier alpha value is -1.90. The van der Waals surface area contributed by atoms with E-state index < -0.39 is 0 Å². The molecule has 3 nitrogen and oxygen atoms in total. The van der Waals surface area contributed by atoms with Gasteiger partial charge in [0, 0.05) is 11.8 Å². The normalized spacial score (nSPS) is 30.0. The van der Waals surface area contributed by atoms with Crippen molar-refractivity contribution in [1.82, 2.24) is 0 Å². The van der Waals surface area contributed by atoms with Crippen molar-refractivity contribution in [3.8, 4) is 0 Å². The Kier molecular flexibility index (Phi) is 3.82. The summed E-state index contributed by atoms with van der Waals surface area (Å²) in [6.07, 6.45) is 10.0. The second-order valence-corrected chi connectivity index (χ2v) is 7.52. The molecule has 0 aromatic heterocycles. The molecule has 2 fully saturated rings. The number of ether oxygens (including phenoxy) is 1. The third-order valence-electron chi connectivity index (χ3n) is 6.20. The predicted molar refractivity (Wildman–Crippen MR) is 91.8 cm³/mol. The van der Waals surface area contributed by atoms with Crippen LogP contribution in [0.2, 0.25) is 0 Å². The lowest BCUT2D eigenvalue weighted by Crippen LogP contribution is -2.31. The molecule has 3 aliphatic rings. The number of hydrogen-bond acceptors (Lipinski definition) is 3. The van der Waals surface area contributed by atoms with Crippen molar-refractivity contribution < 1.29 is 14.3 Å². The Labute approximate surface area is 143 Å². The average Bonchev–Trinajstić information content (AvgIpc) is 3.31.